The van der Waals surface area contributed by atoms with E-state index in [0.717, 1.165) is 5.56 Å². The summed E-state index contributed by atoms with van der Waals surface area (Å²) in [5, 5.41) is 11.0. The van der Waals surface area contributed by atoms with Crippen LogP contribution in [0.3, 0.4) is 0 Å². The third-order valence-corrected chi connectivity index (χ3v) is 3.16. The van der Waals surface area contributed by atoms with Crippen LogP contribution in [0.2, 0.25) is 0 Å². The van der Waals surface area contributed by atoms with Gasteiger partial charge in [0.1, 0.15) is 5.75 Å². The first-order valence-corrected chi connectivity index (χ1v) is 7.15. The molecule has 0 aliphatic carbocycles. The number of hydrogen-bond donors (Lipinski definition) is 0. The number of benzene rings is 2. The van der Waals surface area contributed by atoms with Gasteiger partial charge < -0.3 is 9.47 Å². The average molecular weight is 315 g/mol. The van der Waals surface area contributed by atoms with Crippen LogP contribution in [0.1, 0.15) is 22.8 Å². The zero-order valence-corrected chi connectivity index (χ0v) is 12.9. The van der Waals surface area contributed by atoms with Crippen LogP contribution in [-0.4, -0.2) is 23.9 Å². The van der Waals surface area contributed by atoms with Crippen molar-refractivity contribution < 1.29 is 19.2 Å². The van der Waals surface area contributed by atoms with E-state index in [4.69, 9.17) is 9.47 Å². The van der Waals surface area contributed by atoms with E-state index in [0.29, 0.717) is 17.9 Å². The SMILES string of the molecule is CCOc1ccc(C(=O)COc2ccc(C)cc2[N+](=O)[O-])cc1. The fourth-order valence-corrected chi connectivity index (χ4v) is 2.02. The van der Waals surface area contributed by atoms with Crippen molar-refractivity contribution in [3.05, 3.63) is 63.7 Å². The van der Waals surface area contributed by atoms with Crippen LogP contribution in [-0.2, 0) is 0 Å². The van der Waals surface area contributed by atoms with E-state index in [1.807, 2.05) is 6.92 Å². The monoisotopic (exact) mass is 315 g/mol. The van der Waals surface area contributed by atoms with Crippen LogP contribution in [0.5, 0.6) is 11.5 Å². The Hall–Kier alpha value is -2.89. The summed E-state index contributed by atoms with van der Waals surface area (Å²) in [6, 6.07) is 11.3. The molecule has 2 aromatic rings. The first kappa shape index (κ1) is 16.5. The predicted molar refractivity (Wildman–Crippen MR) is 85.3 cm³/mol. The van der Waals surface area contributed by atoms with Gasteiger partial charge in [0.2, 0.25) is 0 Å². The second-order valence-electron chi connectivity index (χ2n) is 4.90. The van der Waals surface area contributed by atoms with Crippen LogP contribution in [0.25, 0.3) is 0 Å². The number of nitro groups is 1. The molecule has 0 aliphatic rings. The summed E-state index contributed by atoms with van der Waals surface area (Å²) in [6.07, 6.45) is 0. The Morgan fingerprint density at radius 2 is 1.83 bits per heavy atom. The molecule has 0 N–H and O–H groups in total. The molecule has 0 fully saturated rings. The van der Waals surface area contributed by atoms with Crippen LogP contribution in [0.15, 0.2) is 42.5 Å². The van der Waals surface area contributed by atoms with Crippen LogP contribution >= 0.6 is 0 Å². The maximum absolute atomic E-state index is 12.1. The van der Waals surface area contributed by atoms with Gasteiger partial charge in [-0.05, 0) is 49.7 Å². The van der Waals surface area contributed by atoms with Gasteiger partial charge >= 0.3 is 5.69 Å². The maximum atomic E-state index is 12.1. The summed E-state index contributed by atoms with van der Waals surface area (Å²) in [6.45, 7) is 3.91. The van der Waals surface area contributed by atoms with Crippen molar-refractivity contribution in [2.75, 3.05) is 13.2 Å². The molecule has 0 aliphatic heterocycles. The molecule has 0 radical (unpaired) electrons. The topological polar surface area (TPSA) is 78.7 Å². The summed E-state index contributed by atoms with van der Waals surface area (Å²) >= 11 is 0. The van der Waals surface area contributed by atoms with Gasteiger partial charge in [0.05, 0.1) is 11.5 Å². The normalized spacial score (nSPS) is 10.2. The zero-order chi connectivity index (χ0) is 16.8. The van der Waals surface area contributed by atoms with E-state index in [1.54, 1.807) is 37.3 Å². The largest absolute Gasteiger partial charge is 0.494 e. The minimum atomic E-state index is -0.524. The summed E-state index contributed by atoms with van der Waals surface area (Å²) in [4.78, 5) is 22.6. The number of ketones is 1. The van der Waals surface area contributed by atoms with Gasteiger partial charge in [-0.15, -0.1) is 0 Å². The summed E-state index contributed by atoms with van der Waals surface area (Å²) in [5.74, 6) is 0.502. The Kier molecular flexibility index (Phi) is 5.30. The fraction of sp³-hybridized carbons (Fsp3) is 0.235. The highest BCUT2D eigenvalue weighted by atomic mass is 16.6. The van der Waals surface area contributed by atoms with Gasteiger partial charge in [0, 0.05) is 11.6 Å². The zero-order valence-electron chi connectivity index (χ0n) is 12.9. The fourth-order valence-electron chi connectivity index (χ4n) is 2.02. The predicted octanol–water partition coefficient (Wildman–Crippen LogP) is 3.56. The highest BCUT2D eigenvalue weighted by molar-refractivity contribution is 5.97. The van der Waals surface area contributed by atoms with Gasteiger partial charge in [0.25, 0.3) is 0 Å². The molecule has 0 atom stereocenters. The average Bonchev–Trinajstić information content (AvgIpc) is 2.54. The van der Waals surface area contributed by atoms with Gasteiger partial charge in [-0.25, -0.2) is 0 Å². The highest BCUT2D eigenvalue weighted by Gasteiger charge is 2.16. The summed E-state index contributed by atoms with van der Waals surface area (Å²) < 4.78 is 10.6. The van der Waals surface area contributed by atoms with E-state index in [1.165, 1.54) is 12.1 Å². The highest BCUT2D eigenvalue weighted by Crippen LogP contribution is 2.27. The number of hydrogen-bond acceptors (Lipinski definition) is 5. The molecule has 0 spiro atoms. The Balaban J connectivity index is 2.06. The van der Waals surface area contributed by atoms with Crippen molar-refractivity contribution >= 4 is 11.5 Å². The van der Waals surface area contributed by atoms with Crippen molar-refractivity contribution in [3.63, 3.8) is 0 Å². The minimum absolute atomic E-state index is 0.0832. The molecule has 2 aromatic carbocycles. The number of ether oxygens (including phenoxy) is 2. The lowest BCUT2D eigenvalue weighted by atomic mass is 10.1. The Morgan fingerprint density at radius 3 is 2.43 bits per heavy atom. The smallest absolute Gasteiger partial charge is 0.311 e. The van der Waals surface area contributed by atoms with E-state index in [9.17, 15) is 14.9 Å². The van der Waals surface area contributed by atoms with E-state index in [-0.39, 0.29) is 23.8 Å². The van der Waals surface area contributed by atoms with Crippen molar-refractivity contribution in [1.29, 1.82) is 0 Å². The van der Waals surface area contributed by atoms with Crippen molar-refractivity contribution in [1.82, 2.24) is 0 Å². The Labute approximate surface area is 133 Å². The van der Waals surface area contributed by atoms with E-state index < -0.39 is 4.92 Å². The molecule has 0 saturated heterocycles. The molecule has 6 nitrogen and oxygen atoms in total. The molecular weight excluding hydrogens is 298 g/mol. The first-order chi connectivity index (χ1) is 11.0. The van der Waals surface area contributed by atoms with Gasteiger partial charge in [-0.3, -0.25) is 14.9 Å². The van der Waals surface area contributed by atoms with Crippen LogP contribution in [0, 0.1) is 17.0 Å². The number of Topliss-reactive ketones (excluding diaryl/α,β-unsaturated/α-hetero) is 1. The van der Waals surface area contributed by atoms with Crippen molar-refractivity contribution in [3.8, 4) is 11.5 Å². The Bertz CT molecular complexity index is 709. The lowest BCUT2D eigenvalue weighted by Gasteiger charge is -2.07. The number of aryl methyl sites for hydroxylation is 1. The summed E-state index contributed by atoms with van der Waals surface area (Å²) in [7, 11) is 0. The molecule has 0 saturated carbocycles. The first-order valence-electron chi connectivity index (χ1n) is 7.15. The lowest BCUT2D eigenvalue weighted by molar-refractivity contribution is -0.385. The quantitative estimate of drug-likeness (QED) is 0.443. The lowest BCUT2D eigenvalue weighted by Crippen LogP contribution is -2.12. The number of nitro benzene ring substituents is 1. The molecule has 0 amide bonds. The molecule has 2 rings (SSSR count). The minimum Gasteiger partial charge on any atom is -0.494 e. The second-order valence-corrected chi connectivity index (χ2v) is 4.90. The maximum Gasteiger partial charge on any atom is 0.311 e. The second kappa shape index (κ2) is 7.40. The summed E-state index contributed by atoms with van der Waals surface area (Å²) in [5.41, 5.74) is 1.06. The molecule has 0 heterocycles. The van der Waals surface area contributed by atoms with E-state index in [2.05, 4.69) is 0 Å². The van der Waals surface area contributed by atoms with Crippen molar-refractivity contribution in [2.24, 2.45) is 0 Å². The third-order valence-electron chi connectivity index (χ3n) is 3.16. The van der Waals surface area contributed by atoms with Gasteiger partial charge in [0.15, 0.2) is 18.1 Å². The molecule has 0 unspecified atom stereocenters. The Morgan fingerprint density at radius 1 is 1.13 bits per heavy atom. The number of rotatable bonds is 7. The molecule has 0 bridgehead atoms. The number of carbonyl (C=O) groups is 1. The molecule has 23 heavy (non-hydrogen) atoms. The molecular formula is C17H17NO5. The van der Waals surface area contributed by atoms with Gasteiger partial charge in [-0.1, -0.05) is 6.07 Å². The third kappa shape index (κ3) is 4.29. The van der Waals surface area contributed by atoms with Crippen LogP contribution < -0.4 is 9.47 Å². The number of nitrogens with zero attached hydrogens (tertiary/aromatic N) is 1. The van der Waals surface area contributed by atoms with E-state index >= 15 is 0 Å². The molecule has 6 heteroatoms. The molecule has 120 valence electrons. The van der Waals surface area contributed by atoms with Gasteiger partial charge in [-0.2, -0.15) is 0 Å². The number of carbonyl (C=O) groups excluding carboxylic acids is 1. The van der Waals surface area contributed by atoms with Crippen LogP contribution in [0.4, 0.5) is 5.69 Å². The molecule has 0 aromatic heterocycles. The standard InChI is InChI=1S/C17H17NO5/c1-3-22-14-7-5-13(6-8-14)16(19)11-23-17-9-4-12(2)10-15(17)18(20)21/h4-10H,3,11H2,1-2H3. The van der Waals surface area contributed by atoms with Crippen molar-refractivity contribution in [2.45, 2.75) is 13.8 Å².